The molecule has 0 heterocycles. The van der Waals surface area contributed by atoms with E-state index in [2.05, 4.69) is 5.32 Å². The normalized spacial score (nSPS) is 18.5. The zero-order valence-electron chi connectivity index (χ0n) is 13.2. The third-order valence-corrected chi connectivity index (χ3v) is 4.00. The summed E-state index contributed by atoms with van der Waals surface area (Å²) >= 11 is 0. The highest BCUT2D eigenvalue weighted by Gasteiger charge is 2.46. The van der Waals surface area contributed by atoms with E-state index in [4.69, 9.17) is 10.5 Å². The number of benzene rings is 2. The number of ether oxygens (including phenoxy) is 1. The van der Waals surface area contributed by atoms with E-state index in [0.717, 1.165) is 0 Å². The van der Waals surface area contributed by atoms with Gasteiger partial charge >= 0.3 is 0 Å². The molecule has 1 saturated carbocycles. The van der Waals surface area contributed by atoms with Gasteiger partial charge in [-0.1, -0.05) is 6.07 Å². The molecular formula is C18H16F2N2O3. The highest BCUT2D eigenvalue weighted by atomic mass is 19.1. The molecule has 2 amide bonds. The molecule has 0 aliphatic heterocycles. The second-order valence-corrected chi connectivity index (χ2v) is 5.85. The van der Waals surface area contributed by atoms with Gasteiger partial charge in [0.25, 0.3) is 5.91 Å². The fourth-order valence-corrected chi connectivity index (χ4v) is 2.69. The van der Waals surface area contributed by atoms with Crippen LogP contribution in [0.5, 0.6) is 5.75 Å². The van der Waals surface area contributed by atoms with Crippen LogP contribution >= 0.6 is 0 Å². The minimum atomic E-state index is -0.628. The molecule has 3 rings (SSSR count). The fraction of sp³-hybridized carbons (Fsp3) is 0.222. The number of carbonyl (C=O) groups excluding carboxylic acids is 2. The maximum atomic E-state index is 13.8. The summed E-state index contributed by atoms with van der Waals surface area (Å²) in [4.78, 5) is 22.9. The Labute approximate surface area is 142 Å². The van der Waals surface area contributed by atoms with Crippen LogP contribution < -0.4 is 15.8 Å². The molecule has 3 N–H and O–H groups in total. The van der Waals surface area contributed by atoms with Crippen molar-refractivity contribution in [3.05, 3.63) is 59.7 Å². The first kappa shape index (κ1) is 16.9. The van der Waals surface area contributed by atoms with Crippen molar-refractivity contribution < 1.29 is 23.1 Å². The lowest BCUT2D eigenvalue weighted by molar-refractivity contribution is -0.120. The van der Waals surface area contributed by atoms with Gasteiger partial charge in [-0.05, 0) is 42.8 Å². The van der Waals surface area contributed by atoms with E-state index in [1.807, 2.05) is 0 Å². The Morgan fingerprint density at radius 3 is 2.36 bits per heavy atom. The Balaban J connectivity index is 1.59. The molecule has 2 atom stereocenters. The van der Waals surface area contributed by atoms with E-state index in [1.54, 1.807) is 24.3 Å². The van der Waals surface area contributed by atoms with E-state index < -0.39 is 29.4 Å². The van der Waals surface area contributed by atoms with Gasteiger partial charge in [0.1, 0.15) is 17.4 Å². The molecule has 1 aliphatic carbocycles. The van der Waals surface area contributed by atoms with Crippen LogP contribution in [0.1, 0.15) is 17.9 Å². The molecule has 0 bridgehead atoms. The second kappa shape index (κ2) is 6.88. The molecule has 5 nitrogen and oxygen atoms in total. The van der Waals surface area contributed by atoms with Crippen molar-refractivity contribution >= 4 is 17.5 Å². The Morgan fingerprint density at radius 1 is 1.12 bits per heavy atom. The Kier molecular flexibility index (Phi) is 4.65. The van der Waals surface area contributed by atoms with Gasteiger partial charge in [-0.3, -0.25) is 9.59 Å². The monoisotopic (exact) mass is 346 g/mol. The summed E-state index contributed by atoms with van der Waals surface area (Å²) in [7, 11) is 0. The summed E-state index contributed by atoms with van der Waals surface area (Å²) < 4.78 is 32.6. The second-order valence-electron chi connectivity index (χ2n) is 5.85. The SMILES string of the molecule is NC(=O)COc1ccc(NC(=O)[C@H]2C[C@H]2c2c(F)cccc2F)cc1. The first-order valence-corrected chi connectivity index (χ1v) is 7.71. The van der Waals surface area contributed by atoms with E-state index >= 15 is 0 Å². The van der Waals surface area contributed by atoms with Crippen molar-refractivity contribution in [2.45, 2.75) is 12.3 Å². The fourth-order valence-electron chi connectivity index (χ4n) is 2.69. The van der Waals surface area contributed by atoms with Crippen molar-refractivity contribution in [3.63, 3.8) is 0 Å². The van der Waals surface area contributed by atoms with Crippen LogP contribution in [-0.2, 0) is 9.59 Å². The number of amides is 2. The third kappa shape index (κ3) is 3.93. The van der Waals surface area contributed by atoms with Gasteiger partial charge in [0, 0.05) is 23.1 Å². The summed E-state index contributed by atoms with van der Waals surface area (Å²) in [6.07, 6.45) is 0.406. The first-order chi connectivity index (χ1) is 12.0. The van der Waals surface area contributed by atoms with E-state index in [0.29, 0.717) is 17.9 Å². The lowest BCUT2D eigenvalue weighted by Crippen LogP contribution is -2.20. The van der Waals surface area contributed by atoms with Gasteiger partial charge in [-0.2, -0.15) is 0 Å². The van der Waals surface area contributed by atoms with Crippen molar-refractivity contribution in [2.24, 2.45) is 11.7 Å². The van der Waals surface area contributed by atoms with Gasteiger partial charge in [0.15, 0.2) is 6.61 Å². The van der Waals surface area contributed by atoms with E-state index in [1.165, 1.54) is 18.2 Å². The predicted molar refractivity (Wildman–Crippen MR) is 87.0 cm³/mol. The van der Waals surface area contributed by atoms with Crippen LogP contribution in [-0.4, -0.2) is 18.4 Å². The van der Waals surface area contributed by atoms with Gasteiger partial charge in [0.05, 0.1) is 0 Å². The number of primary amides is 1. The number of hydrogen-bond donors (Lipinski definition) is 2. The Hall–Kier alpha value is -2.96. The molecule has 1 fully saturated rings. The topological polar surface area (TPSA) is 81.4 Å². The highest BCUT2D eigenvalue weighted by molar-refractivity contribution is 5.95. The third-order valence-electron chi connectivity index (χ3n) is 4.00. The molecule has 2 aromatic rings. The average molecular weight is 346 g/mol. The highest BCUT2D eigenvalue weighted by Crippen LogP contribution is 2.49. The number of anilines is 1. The summed E-state index contributed by atoms with van der Waals surface area (Å²) in [5.41, 5.74) is 5.48. The molecule has 130 valence electrons. The quantitative estimate of drug-likeness (QED) is 0.843. The maximum Gasteiger partial charge on any atom is 0.255 e. The minimum Gasteiger partial charge on any atom is -0.484 e. The van der Waals surface area contributed by atoms with Crippen molar-refractivity contribution in [1.82, 2.24) is 0 Å². The van der Waals surface area contributed by atoms with Gasteiger partial charge in [0.2, 0.25) is 5.91 Å². The zero-order valence-corrected chi connectivity index (χ0v) is 13.2. The minimum absolute atomic E-state index is 0.0298. The molecule has 0 saturated heterocycles. The van der Waals surface area contributed by atoms with E-state index in [9.17, 15) is 18.4 Å². The lowest BCUT2D eigenvalue weighted by Gasteiger charge is -2.08. The Morgan fingerprint density at radius 2 is 1.76 bits per heavy atom. The van der Waals surface area contributed by atoms with Crippen molar-refractivity contribution in [1.29, 1.82) is 0 Å². The molecule has 0 radical (unpaired) electrons. The smallest absolute Gasteiger partial charge is 0.255 e. The Bertz CT molecular complexity index is 788. The van der Waals surface area contributed by atoms with Crippen LogP contribution in [0.3, 0.4) is 0 Å². The molecule has 0 aromatic heterocycles. The summed E-state index contributed by atoms with van der Waals surface area (Å²) in [6, 6.07) is 10.1. The van der Waals surface area contributed by atoms with Crippen LogP contribution in [0, 0.1) is 17.6 Å². The van der Waals surface area contributed by atoms with Crippen molar-refractivity contribution in [3.8, 4) is 5.75 Å². The molecular weight excluding hydrogens is 330 g/mol. The number of nitrogens with two attached hydrogens (primary N) is 1. The number of hydrogen-bond acceptors (Lipinski definition) is 3. The summed E-state index contributed by atoms with van der Waals surface area (Å²) in [5, 5.41) is 2.70. The van der Waals surface area contributed by atoms with Crippen LogP contribution in [0.4, 0.5) is 14.5 Å². The van der Waals surface area contributed by atoms with Crippen molar-refractivity contribution in [2.75, 3.05) is 11.9 Å². The summed E-state index contributed by atoms with van der Waals surface area (Å²) in [6.45, 7) is -0.232. The number of halogens is 2. The first-order valence-electron chi connectivity index (χ1n) is 7.71. The van der Waals surface area contributed by atoms with Crippen LogP contribution in [0.25, 0.3) is 0 Å². The van der Waals surface area contributed by atoms with Crippen LogP contribution in [0.15, 0.2) is 42.5 Å². The van der Waals surface area contributed by atoms with Gasteiger partial charge < -0.3 is 15.8 Å². The van der Waals surface area contributed by atoms with Gasteiger partial charge in [-0.25, -0.2) is 8.78 Å². The number of carbonyl (C=O) groups is 2. The summed E-state index contributed by atoms with van der Waals surface area (Å²) in [5.74, 6) is -2.60. The maximum absolute atomic E-state index is 13.8. The number of nitrogens with one attached hydrogen (secondary N) is 1. The van der Waals surface area contributed by atoms with Crippen LogP contribution in [0.2, 0.25) is 0 Å². The molecule has 7 heteroatoms. The average Bonchev–Trinajstić information content (AvgIpc) is 3.34. The molecule has 2 aromatic carbocycles. The van der Waals surface area contributed by atoms with Gasteiger partial charge in [-0.15, -0.1) is 0 Å². The van der Waals surface area contributed by atoms with E-state index in [-0.39, 0.29) is 18.1 Å². The molecule has 1 aliphatic rings. The molecule has 0 spiro atoms. The number of rotatable bonds is 6. The molecule has 25 heavy (non-hydrogen) atoms. The standard InChI is InChI=1S/C18H16F2N2O3/c19-14-2-1-3-15(20)17(14)12-8-13(12)18(24)22-10-4-6-11(7-5-10)25-9-16(21)23/h1-7,12-13H,8-9H2,(H2,21,23)(H,22,24)/t12-,13+/m1/s1. The zero-order chi connectivity index (χ0) is 18.0. The largest absolute Gasteiger partial charge is 0.484 e. The predicted octanol–water partition coefficient (Wildman–Crippen LogP) is 2.57. The lowest BCUT2D eigenvalue weighted by atomic mass is 10.1. The molecule has 0 unspecified atom stereocenters.